The summed E-state index contributed by atoms with van der Waals surface area (Å²) in [5, 5.41) is 0. The van der Waals surface area contributed by atoms with Gasteiger partial charge in [-0.15, -0.1) is 0 Å². The van der Waals surface area contributed by atoms with Crippen LogP contribution < -0.4 is 0 Å². The van der Waals surface area contributed by atoms with Crippen LogP contribution in [0.4, 0.5) is 0 Å². The van der Waals surface area contributed by atoms with Crippen molar-refractivity contribution in [3.05, 3.63) is 0 Å². The minimum absolute atomic E-state index is 0.789. The fourth-order valence-electron chi connectivity index (χ4n) is 0.481. The molecule has 0 aromatic carbocycles. The highest BCUT2D eigenvalue weighted by Crippen LogP contribution is 1.92. The lowest BCUT2D eigenvalue weighted by molar-refractivity contribution is 0.144. The Morgan fingerprint density at radius 2 is 2.25 bits per heavy atom. The predicted molar refractivity (Wildman–Crippen MR) is 36.4 cm³/mol. The summed E-state index contributed by atoms with van der Waals surface area (Å²) in [5.41, 5.74) is 0. The van der Waals surface area contributed by atoms with Gasteiger partial charge in [-0.2, -0.15) is 4.80 Å². The van der Waals surface area contributed by atoms with Crippen LogP contribution in [0.2, 0.25) is 0 Å². The van der Waals surface area contributed by atoms with Crippen molar-refractivity contribution in [1.29, 1.82) is 0 Å². The number of hydrogen-bond donors (Lipinski definition) is 0. The first-order valence-corrected chi connectivity index (χ1v) is 3.63. The Kier molecular flexibility index (Phi) is 6.66. The average molecular weight is 131 g/mol. The topological polar surface area (TPSA) is 21.6 Å². The van der Waals surface area contributed by atoms with Crippen LogP contribution >= 0.6 is 0 Å². The molecule has 0 heterocycles. The molecule has 0 aromatic rings. The number of unbranched alkanes of at least 4 members (excludes halogenated alkanes) is 2. The lowest BCUT2D eigenvalue weighted by Gasteiger charge is -1.94. The highest BCUT2D eigenvalue weighted by molar-refractivity contribution is 5.91. The van der Waals surface area contributed by atoms with E-state index >= 15 is 0 Å². The summed E-state index contributed by atoms with van der Waals surface area (Å²) in [7, 11) is 1.49. The molecular weight excluding hydrogens is 118 g/mol. The zero-order chi connectivity index (χ0) is 6.24. The van der Waals surface area contributed by atoms with E-state index in [-0.39, 0.29) is 0 Å². The van der Waals surface area contributed by atoms with Crippen LogP contribution in [0.5, 0.6) is 0 Å². The van der Waals surface area contributed by atoms with Crippen molar-refractivity contribution in [2.75, 3.05) is 6.61 Å². The Bertz CT molecular complexity index is 58.4. The van der Waals surface area contributed by atoms with Crippen LogP contribution in [-0.4, -0.2) is 16.6 Å². The maximum atomic E-state index is 4.77. The average Bonchev–Trinajstić information content (AvgIpc) is 1.81. The number of nitrogens with zero attached hydrogens (tertiary/aromatic N) is 1. The van der Waals surface area contributed by atoms with E-state index in [0.29, 0.717) is 0 Å². The van der Waals surface area contributed by atoms with Crippen molar-refractivity contribution in [2.45, 2.75) is 26.2 Å². The smallest absolute Gasteiger partial charge is 0.148 e. The van der Waals surface area contributed by atoms with E-state index in [4.69, 9.17) is 4.84 Å². The largest absolute Gasteiger partial charge is 0.407 e. The van der Waals surface area contributed by atoms with Crippen LogP contribution in [-0.2, 0) is 4.84 Å². The van der Waals surface area contributed by atoms with E-state index in [2.05, 4.69) is 11.7 Å². The zero-order valence-corrected chi connectivity index (χ0v) is 6.81. The zero-order valence-electron chi connectivity index (χ0n) is 5.39. The molecule has 0 bridgehead atoms. The highest BCUT2D eigenvalue weighted by atomic mass is 28.1. The van der Waals surface area contributed by atoms with Gasteiger partial charge in [0.25, 0.3) is 0 Å². The lowest BCUT2D eigenvalue weighted by Crippen LogP contribution is -1.85. The van der Waals surface area contributed by atoms with Crippen molar-refractivity contribution < 1.29 is 4.84 Å². The summed E-state index contributed by atoms with van der Waals surface area (Å²) >= 11 is 0. The van der Waals surface area contributed by atoms with Gasteiger partial charge in [-0.3, -0.25) is 0 Å². The third-order valence-corrected chi connectivity index (χ3v) is 1.11. The first-order valence-electron chi connectivity index (χ1n) is 2.99. The van der Waals surface area contributed by atoms with Gasteiger partial charge in [0.05, 0.1) is 0 Å². The van der Waals surface area contributed by atoms with E-state index in [9.17, 15) is 0 Å². The maximum Gasteiger partial charge on any atom is 0.148 e. The van der Waals surface area contributed by atoms with Gasteiger partial charge in [0.1, 0.15) is 16.6 Å². The van der Waals surface area contributed by atoms with E-state index in [0.717, 1.165) is 13.0 Å². The molecule has 0 spiro atoms. The molecular formula is C5H13NOSi. The molecule has 0 amide bonds. The van der Waals surface area contributed by atoms with E-state index in [1.54, 1.807) is 0 Å². The second kappa shape index (κ2) is 6.82. The molecule has 0 atom stereocenters. The monoisotopic (exact) mass is 131 g/mol. The molecule has 0 fully saturated rings. The summed E-state index contributed by atoms with van der Waals surface area (Å²) in [4.78, 5) is 8.31. The van der Waals surface area contributed by atoms with Gasteiger partial charge >= 0.3 is 0 Å². The minimum atomic E-state index is 0.789. The van der Waals surface area contributed by atoms with Gasteiger partial charge in [-0.1, -0.05) is 19.8 Å². The normalized spacial score (nSPS) is 8.62. The van der Waals surface area contributed by atoms with Crippen molar-refractivity contribution in [2.24, 2.45) is 4.80 Å². The number of hydrogen-bond acceptors (Lipinski definition) is 2. The highest BCUT2D eigenvalue weighted by Gasteiger charge is 1.81. The Morgan fingerprint density at radius 1 is 1.50 bits per heavy atom. The molecule has 2 nitrogen and oxygen atoms in total. The van der Waals surface area contributed by atoms with Crippen molar-refractivity contribution in [1.82, 2.24) is 0 Å². The van der Waals surface area contributed by atoms with Gasteiger partial charge in [0.2, 0.25) is 0 Å². The van der Waals surface area contributed by atoms with Crippen LogP contribution in [0, 0.1) is 0 Å². The van der Waals surface area contributed by atoms with Crippen molar-refractivity contribution >= 4 is 10.0 Å². The summed E-state index contributed by atoms with van der Waals surface area (Å²) in [6, 6.07) is 0. The van der Waals surface area contributed by atoms with Crippen molar-refractivity contribution in [3.63, 3.8) is 0 Å². The van der Waals surface area contributed by atoms with Crippen LogP contribution in [0.25, 0.3) is 0 Å². The van der Waals surface area contributed by atoms with Crippen LogP contribution in [0.3, 0.4) is 0 Å². The molecule has 48 valence electrons. The summed E-state index contributed by atoms with van der Waals surface area (Å²) in [6.07, 6.45) is 3.63. The molecule has 0 unspecified atom stereocenters. The Morgan fingerprint density at radius 3 is 2.75 bits per heavy atom. The van der Waals surface area contributed by atoms with E-state index in [1.165, 1.54) is 22.9 Å². The lowest BCUT2D eigenvalue weighted by atomic mass is 10.3. The fourth-order valence-corrected chi connectivity index (χ4v) is 0.610. The second-order valence-electron chi connectivity index (χ2n) is 1.67. The van der Waals surface area contributed by atoms with Crippen LogP contribution in [0.15, 0.2) is 4.80 Å². The Labute approximate surface area is 53.4 Å². The fraction of sp³-hybridized carbons (Fsp3) is 1.00. The van der Waals surface area contributed by atoms with Crippen LogP contribution in [0.1, 0.15) is 26.2 Å². The first kappa shape index (κ1) is 7.82. The molecule has 0 radical (unpaired) electrons. The molecule has 0 aromatic heterocycles. The molecule has 0 aliphatic heterocycles. The maximum absolute atomic E-state index is 4.77. The third-order valence-electron chi connectivity index (χ3n) is 0.930. The molecule has 0 saturated heterocycles. The van der Waals surface area contributed by atoms with Gasteiger partial charge in [0.15, 0.2) is 0 Å². The Balaban J connectivity index is 2.62. The van der Waals surface area contributed by atoms with E-state index < -0.39 is 0 Å². The second-order valence-corrected chi connectivity index (χ2v) is 1.93. The molecule has 0 rings (SSSR count). The van der Waals surface area contributed by atoms with E-state index in [1.807, 2.05) is 0 Å². The summed E-state index contributed by atoms with van der Waals surface area (Å²) in [6.45, 7) is 2.96. The third kappa shape index (κ3) is 5.82. The SMILES string of the molecule is CCCCCON=[SiH2]. The molecule has 0 aliphatic rings. The first-order chi connectivity index (χ1) is 3.91. The molecule has 0 N–H and O–H groups in total. The summed E-state index contributed by atoms with van der Waals surface area (Å²) < 4.78 is 0. The van der Waals surface area contributed by atoms with Gasteiger partial charge in [0, 0.05) is 0 Å². The quantitative estimate of drug-likeness (QED) is 0.309. The van der Waals surface area contributed by atoms with Gasteiger partial charge in [-0.25, -0.2) is 0 Å². The minimum Gasteiger partial charge on any atom is -0.407 e. The Hall–Kier alpha value is -0.183. The van der Waals surface area contributed by atoms with Crippen molar-refractivity contribution in [3.8, 4) is 0 Å². The molecule has 0 saturated carbocycles. The standard InChI is InChI=1S/C5H13NOSi/c1-2-3-4-5-7-6-8/h2-5,8H2,1H3. The number of rotatable bonds is 5. The molecule has 0 aliphatic carbocycles. The predicted octanol–water partition coefficient (Wildman–Crippen LogP) is 0.925. The molecule has 3 heteroatoms. The van der Waals surface area contributed by atoms with Gasteiger partial charge in [-0.05, 0) is 6.42 Å². The van der Waals surface area contributed by atoms with Gasteiger partial charge < -0.3 is 4.84 Å². The summed E-state index contributed by atoms with van der Waals surface area (Å²) in [5.74, 6) is 0. The molecule has 8 heavy (non-hydrogen) atoms.